The van der Waals surface area contributed by atoms with E-state index in [2.05, 4.69) is 45.4 Å². The summed E-state index contributed by atoms with van der Waals surface area (Å²) < 4.78 is 0. The Bertz CT molecular complexity index is 1140. The third kappa shape index (κ3) is 31.3. The number of ketones is 2. The maximum atomic E-state index is 13.5. The van der Waals surface area contributed by atoms with E-state index in [1.165, 1.54) is 0 Å². The van der Waals surface area contributed by atoms with E-state index < -0.39 is 24.0 Å². The molecular formula is C42H83N8O7+3. The molecule has 0 aliphatic rings. The van der Waals surface area contributed by atoms with E-state index in [0.717, 1.165) is 103 Å². The zero-order chi connectivity index (χ0) is 42.5. The molecule has 0 aromatic heterocycles. The van der Waals surface area contributed by atoms with Crippen LogP contribution in [0, 0.1) is 0 Å². The Labute approximate surface area is 342 Å². The van der Waals surface area contributed by atoms with E-state index in [0.29, 0.717) is 90.0 Å². The third-order valence-electron chi connectivity index (χ3n) is 10.2. The molecule has 3 unspecified atom stereocenters. The molecule has 15 nitrogen and oxygen atoms in total. The molecule has 0 aliphatic carbocycles. The minimum absolute atomic E-state index is 0.0446. The van der Waals surface area contributed by atoms with Gasteiger partial charge in [0.25, 0.3) is 0 Å². The zero-order valence-electron chi connectivity index (χ0n) is 35.7. The fourth-order valence-electron chi connectivity index (χ4n) is 6.57. The molecule has 0 aliphatic heterocycles. The van der Waals surface area contributed by atoms with E-state index in [4.69, 9.17) is 5.73 Å². The number of amides is 5. The van der Waals surface area contributed by atoms with Crippen LogP contribution < -0.4 is 44.2 Å². The molecule has 0 saturated carbocycles. The van der Waals surface area contributed by atoms with Crippen LogP contribution in [0.5, 0.6) is 0 Å². The molecule has 3 atom stereocenters. The molecule has 0 fully saturated rings. The summed E-state index contributed by atoms with van der Waals surface area (Å²) in [5, 5.41) is 11.5. The molecule has 0 saturated heterocycles. The lowest BCUT2D eigenvalue weighted by Gasteiger charge is -2.23. The number of carbonyl (C=O) groups is 7. The van der Waals surface area contributed by atoms with Gasteiger partial charge in [-0.1, -0.05) is 39.0 Å². The van der Waals surface area contributed by atoms with Gasteiger partial charge >= 0.3 is 0 Å². The van der Waals surface area contributed by atoms with Gasteiger partial charge < -0.3 is 44.2 Å². The quantitative estimate of drug-likeness (QED) is 0.0422. The van der Waals surface area contributed by atoms with Crippen LogP contribution in [0.25, 0.3) is 0 Å². The molecule has 15 heteroatoms. The molecule has 0 aromatic rings. The molecule has 5 amide bonds. The molecule has 0 bridgehead atoms. The topological polar surface area (TPSA) is 277 Å². The summed E-state index contributed by atoms with van der Waals surface area (Å²) in [4.78, 5) is 87.8. The molecule has 330 valence electrons. The Morgan fingerprint density at radius 3 is 1.42 bits per heavy atom. The molecule has 0 spiro atoms. The van der Waals surface area contributed by atoms with Crippen LogP contribution in [0.2, 0.25) is 0 Å². The van der Waals surface area contributed by atoms with E-state index in [1.807, 2.05) is 0 Å². The highest BCUT2D eigenvalue weighted by molar-refractivity contribution is 5.92. The number of rotatable bonds is 40. The van der Waals surface area contributed by atoms with Crippen molar-refractivity contribution in [2.24, 2.45) is 5.73 Å². The number of primary amides is 1. The summed E-state index contributed by atoms with van der Waals surface area (Å²) in [5.41, 5.74) is 17.0. The number of hydrogen-bond donors (Lipinski definition) is 8. The first-order chi connectivity index (χ1) is 27.5. The predicted molar refractivity (Wildman–Crippen MR) is 222 cm³/mol. The maximum Gasteiger partial charge on any atom is 0.243 e. The number of quaternary nitrogens is 3. The van der Waals surface area contributed by atoms with Gasteiger partial charge in [0.15, 0.2) is 5.78 Å². The van der Waals surface area contributed by atoms with Crippen LogP contribution in [0.1, 0.15) is 180 Å². The molecule has 57 heavy (non-hydrogen) atoms. The number of nitrogens with two attached hydrogens (primary N) is 1. The summed E-state index contributed by atoms with van der Waals surface area (Å²) in [5.74, 6) is -1.08. The summed E-state index contributed by atoms with van der Waals surface area (Å²) in [6, 6.07) is -2.03. The van der Waals surface area contributed by atoms with Gasteiger partial charge in [-0.3, -0.25) is 33.6 Å². The smallest absolute Gasteiger partial charge is 0.243 e. The number of carbonyl (C=O) groups excluding carboxylic acids is 7. The first-order valence-electron chi connectivity index (χ1n) is 22.4. The van der Waals surface area contributed by atoms with Crippen LogP contribution in [0.3, 0.4) is 0 Å². The van der Waals surface area contributed by atoms with Crippen molar-refractivity contribution < 1.29 is 50.8 Å². The molecule has 0 heterocycles. The van der Waals surface area contributed by atoms with Crippen LogP contribution in [-0.2, 0) is 33.6 Å². The molecule has 0 radical (unpaired) electrons. The fraction of sp³-hybridized carbons (Fsp3) is 0.833. The summed E-state index contributed by atoms with van der Waals surface area (Å²) >= 11 is 0. The average Bonchev–Trinajstić information content (AvgIpc) is 3.17. The van der Waals surface area contributed by atoms with Gasteiger partial charge in [0.2, 0.25) is 29.5 Å². The van der Waals surface area contributed by atoms with Crippen molar-refractivity contribution >= 4 is 41.1 Å². The van der Waals surface area contributed by atoms with Crippen molar-refractivity contribution in [2.75, 3.05) is 26.2 Å². The van der Waals surface area contributed by atoms with E-state index >= 15 is 0 Å². The zero-order valence-corrected chi connectivity index (χ0v) is 35.7. The van der Waals surface area contributed by atoms with E-state index in [-0.39, 0.29) is 41.6 Å². The summed E-state index contributed by atoms with van der Waals surface area (Å²) in [6.45, 7) is 4.87. The van der Waals surface area contributed by atoms with Gasteiger partial charge in [0, 0.05) is 45.1 Å². The van der Waals surface area contributed by atoms with E-state index in [9.17, 15) is 33.6 Å². The Morgan fingerprint density at radius 2 is 0.895 bits per heavy atom. The largest absolute Gasteiger partial charge is 0.368 e. The summed E-state index contributed by atoms with van der Waals surface area (Å²) in [7, 11) is 0. The minimum atomic E-state index is -0.732. The number of nitrogens with one attached hydrogen (secondary N) is 4. The van der Waals surface area contributed by atoms with Gasteiger partial charge in [-0.25, -0.2) is 0 Å². The fourth-order valence-corrected chi connectivity index (χ4v) is 6.57. The SMILES string of the molecule is CCCCCC(=O)CCCCCC(=O)NC(CCCC[NH3+])C(=O)NC(CCCC[NH3+])C(=O)CCCCCC(=O)NCCCCCC(=O)NC(CCCC[NH3+])C(N)=O. The lowest BCUT2D eigenvalue weighted by molar-refractivity contribution is -0.369. The Balaban J connectivity index is 4.64. The second kappa shape index (κ2) is 36.9. The predicted octanol–water partition coefficient (Wildman–Crippen LogP) is 1.46. The Kier molecular flexibility index (Phi) is 34.7. The van der Waals surface area contributed by atoms with Crippen molar-refractivity contribution in [3.63, 3.8) is 0 Å². The van der Waals surface area contributed by atoms with Gasteiger partial charge in [-0.2, -0.15) is 0 Å². The maximum absolute atomic E-state index is 13.5. The van der Waals surface area contributed by atoms with Gasteiger partial charge in [0.05, 0.1) is 25.7 Å². The highest BCUT2D eigenvalue weighted by Crippen LogP contribution is 2.12. The van der Waals surface area contributed by atoms with Gasteiger partial charge in [-0.05, 0) is 103 Å². The van der Waals surface area contributed by atoms with Crippen molar-refractivity contribution in [1.29, 1.82) is 0 Å². The van der Waals surface area contributed by atoms with Crippen LogP contribution >= 0.6 is 0 Å². The second-order valence-corrected chi connectivity index (χ2v) is 15.5. The van der Waals surface area contributed by atoms with Crippen LogP contribution in [0.4, 0.5) is 0 Å². The highest BCUT2D eigenvalue weighted by Gasteiger charge is 2.26. The van der Waals surface area contributed by atoms with Crippen molar-refractivity contribution in [1.82, 2.24) is 21.3 Å². The molecular weight excluding hydrogens is 729 g/mol. The van der Waals surface area contributed by atoms with Crippen LogP contribution in [0.15, 0.2) is 0 Å². The normalized spacial score (nSPS) is 12.6. The lowest BCUT2D eigenvalue weighted by Crippen LogP contribution is -2.52. The lowest BCUT2D eigenvalue weighted by atomic mass is 9.99. The van der Waals surface area contributed by atoms with Crippen LogP contribution in [-0.4, -0.2) is 85.4 Å². The summed E-state index contributed by atoms with van der Waals surface area (Å²) in [6.07, 6.45) is 18.1. The van der Waals surface area contributed by atoms with Gasteiger partial charge in [-0.15, -0.1) is 0 Å². The monoisotopic (exact) mass is 812 g/mol. The van der Waals surface area contributed by atoms with Crippen molar-refractivity contribution in [3.8, 4) is 0 Å². The van der Waals surface area contributed by atoms with E-state index in [1.54, 1.807) is 0 Å². The molecule has 15 N–H and O–H groups in total. The number of hydrogen-bond acceptors (Lipinski definition) is 7. The van der Waals surface area contributed by atoms with Gasteiger partial charge in [0.1, 0.15) is 17.9 Å². The van der Waals surface area contributed by atoms with Crippen molar-refractivity contribution in [2.45, 2.75) is 198 Å². The number of unbranched alkanes of at least 4 members (excludes halogenated alkanes) is 11. The minimum Gasteiger partial charge on any atom is -0.368 e. The highest BCUT2D eigenvalue weighted by atomic mass is 16.2. The molecule has 0 rings (SSSR count). The Morgan fingerprint density at radius 1 is 0.456 bits per heavy atom. The first-order valence-corrected chi connectivity index (χ1v) is 22.4. The Hall–Kier alpha value is -3.43. The molecule has 0 aromatic carbocycles. The standard InChI is InChI=1S/C42H80N8O7/c1-2-3-7-20-33(51)21-8-4-11-27-40(55)49-36(24-15-18-31-45)42(57)50-34(22-13-16-29-43)37(52)25-9-5-10-26-38(53)47-32-19-6-12-28-39(54)48-35(41(46)56)23-14-17-30-44/h34-36H,2-32,43-45H2,1H3,(H2,46,56)(H,47,53)(H,48,54)(H,49,55)(H,50,57)/p+3. The number of Topliss-reactive ketones (excluding diaryl/α,β-unsaturated/α-hetero) is 2. The first kappa shape index (κ1) is 53.6. The van der Waals surface area contributed by atoms with Crippen molar-refractivity contribution in [3.05, 3.63) is 0 Å². The third-order valence-corrected chi connectivity index (χ3v) is 10.2. The second-order valence-electron chi connectivity index (χ2n) is 15.5. The average molecular weight is 812 g/mol.